The van der Waals surface area contributed by atoms with Crippen LogP contribution in [-0.4, -0.2) is 78.9 Å². The molecule has 2 saturated heterocycles. The van der Waals surface area contributed by atoms with E-state index in [0.717, 1.165) is 42.3 Å². The highest BCUT2D eigenvalue weighted by atomic mass is 35.5. The third-order valence-electron chi connectivity index (χ3n) is 6.26. The van der Waals surface area contributed by atoms with E-state index in [9.17, 15) is 9.59 Å². The molecule has 1 saturated carbocycles. The Labute approximate surface area is 182 Å². The molecule has 0 aromatic heterocycles. The van der Waals surface area contributed by atoms with Crippen LogP contribution in [-0.2, 0) is 9.59 Å². The number of amides is 2. The van der Waals surface area contributed by atoms with Crippen molar-refractivity contribution in [2.75, 3.05) is 46.4 Å². The van der Waals surface area contributed by atoms with Crippen LogP contribution in [0.25, 0.3) is 6.08 Å². The summed E-state index contributed by atoms with van der Waals surface area (Å²) in [6.07, 6.45) is 7.16. The van der Waals surface area contributed by atoms with Crippen molar-refractivity contribution in [2.45, 2.75) is 24.8 Å². The Morgan fingerprint density at radius 1 is 1.10 bits per heavy atom. The van der Waals surface area contributed by atoms with E-state index in [2.05, 4.69) is 11.5 Å². The van der Waals surface area contributed by atoms with Gasteiger partial charge in [-0.15, -0.1) is 0 Å². The Hall–Kier alpha value is -2.31. The number of hydrogen-bond donors (Lipinski definition) is 0. The largest absolute Gasteiger partial charge is 0.496 e. The average molecular weight is 430 g/mol. The smallest absolute Gasteiger partial charge is 0.246 e. The summed E-state index contributed by atoms with van der Waals surface area (Å²) in [5.74, 6) is 1.22. The lowest BCUT2D eigenvalue weighted by Crippen LogP contribution is -2.64. The third kappa shape index (κ3) is 4.40. The van der Waals surface area contributed by atoms with Gasteiger partial charge in [-0.1, -0.05) is 18.2 Å². The minimum Gasteiger partial charge on any atom is -0.496 e. The standard InChI is InChI=1S/C23H28ClN3O3/c1-3-22(28)27-14-18(15-27)25-8-10-26(11-9-25)23(29)7-6-17-12-19(16-4-5-16)20(24)13-21(17)30-2/h3,6-7,12-13,16,18H,1,4-5,8-11,14-15H2,2H3/b7-6+. The molecule has 2 heterocycles. The maximum absolute atomic E-state index is 12.7. The monoisotopic (exact) mass is 429 g/mol. The highest BCUT2D eigenvalue weighted by Crippen LogP contribution is 2.45. The SMILES string of the molecule is C=CC(=O)N1CC(N2CCN(C(=O)/C=C/c3cc(C4CC4)c(Cl)cc3OC)CC2)C1. The van der Waals surface area contributed by atoms with Crippen molar-refractivity contribution in [2.24, 2.45) is 0 Å². The third-order valence-corrected chi connectivity index (χ3v) is 6.59. The summed E-state index contributed by atoms with van der Waals surface area (Å²) in [4.78, 5) is 30.3. The van der Waals surface area contributed by atoms with Crippen LogP contribution in [0.15, 0.2) is 30.9 Å². The van der Waals surface area contributed by atoms with Crippen LogP contribution in [0.5, 0.6) is 5.75 Å². The van der Waals surface area contributed by atoms with Gasteiger partial charge in [0, 0.05) is 62.0 Å². The van der Waals surface area contributed by atoms with Crippen molar-refractivity contribution in [3.8, 4) is 5.75 Å². The van der Waals surface area contributed by atoms with Gasteiger partial charge in [-0.2, -0.15) is 0 Å². The molecule has 1 aliphatic carbocycles. The van der Waals surface area contributed by atoms with Gasteiger partial charge < -0.3 is 14.5 Å². The fraction of sp³-hybridized carbons (Fsp3) is 0.478. The molecule has 0 N–H and O–H groups in total. The van der Waals surface area contributed by atoms with Crippen LogP contribution < -0.4 is 4.74 Å². The maximum atomic E-state index is 12.7. The minimum atomic E-state index is -0.00679. The Balaban J connectivity index is 1.32. The van der Waals surface area contributed by atoms with Gasteiger partial charge in [0.15, 0.2) is 0 Å². The number of piperazine rings is 1. The zero-order chi connectivity index (χ0) is 21.3. The normalized spacial score (nSPS) is 20.3. The number of likely N-dealkylation sites (tertiary alicyclic amines) is 1. The molecule has 0 unspecified atom stereocenters. The molecule has 1 aromatic rings. The number of methoxy groups -OCH3 is 1. The summed E-state index contributed by atoms with van der Waals surface area (Å²) >= 11 is 6.38. The first-order valence-electron chi connectivity index (χ1n) is 10.5. The number of rotatable bonds is 6. The molecule has 0 atom stereocenters. The van der Waals surface area contributed by atoms with E-state index in [1.807, 2.05) is 23.1 Å². The van der Waals surface area contributed by atoms with Gasteiger partial charge in [-0.25, -0.2) is 0 Å². The molecule has 0 spiro atoms. The molecule has 1 aromatic carbocycles. The quantitative estimate of drug-likeness (QED) is 0.652. The van der Waals surface area contributed by atoms with Crippen molar-refractivity contribution in [1.29, 1.82) is 0 Å². The van der Waals surface area contributed by atoms with Crippen LogP contribution in [0.4, 0.5) is 0 Å². The lowest BCUT2D eigenvalue weighted by atomic mass is 10.0. The highest BCUT2D eigenvalue weighted by Gasteiger charge is 2.35. The van der Waals surface area contributed by atoms with Gasteiger partial charge in [0.25, 0.3) is 0 Å². The summed E-state index contributed by atoms with van der Waals surface area (Å²) in [6, 6.07) is 4.28. The second-order valence-electron chi connectivity index (χ2n) is 8.19. The lowest BCUT2D eigenvalue weighted by molar-refractivity contribution is -0.134. The molecular weight excluding hydrogens is 402 g/mol. The maximum Gasteiger partial charge on any atom is 0.246 e. The van der Waals surface area contributed by atoms with E-state index in [1.165, 1.54) is 18.9 Å². The van der Waals surface area contributed by atoms with E-state index < -0.39 is 0 Å². The topological polar surface area (TPSA) is 53.1 Å². The molecular formula is C23H28ClN3O3. The molecule has 3 aliphatic rings. The van der Waals surface area contributed by atoms with Crippen molar-refractivity contribution in [1.82, 2.24) is 14.7 Å². The summed E-state index contributed by atoms with van der Waals surface area (Å²) < 4.78 is 5.45. The zero-order valence-corrected chi connectivity index (χ0v) is 18.1. The minimum absolute atomic E-state index is 0.00679. The number of halogens is 1. The number of nitrogens with zero attached hydrogens (tertiary/aromatic N) is 3. The fourth-order valence-electron chi connectivity index (χ4n) is 4.17. The fourth-order valence-corrected chi connectivity index (χ4v) is 4.48. The Morgan fingerprint density at radius 3 is 2.40 bits per heavy atom. The van der Waals surface area contributed by atoms with Crippen LogP contribution in [0.2, 0.25) is 5.02 Å². The molecule has 3 fully saturated rings. The molecule has 7 heteroatoms. The summed E-state index contributed by atoms with van der Waals surface area (Å²) in [5, 5.41) is 0.735. The number of ether oxygens (including phenoxy) is 1. The summed E-state index contributed by atoms with van der Waals surface area (Å²) in [7, 11) is 1.62. The Kier molecular flexibility index (Phi) is 6.16. The predicted octanol–water partition coefficient (Wildman–Crippen LogP) is 2.78. The van der Waals surface area contributed by atoms with Crippen LogP contribution in [0, 0.1) is 0 Å². The molecule has 2 amide bonds. The second-order valence-corrected chi connectivity index (χ2v) is 8.59. The molecule has 160 valence electrons. The van der Waals surface area contributed by atoms with E-state index in [4.69, 9.17) is 16.3 Å². The Morgan fingerprint density at radius 2 is 1.80 bits per heavy atom. The second kappa shape index (κ2) is 8.82. The van der Waals surface area contributed by atoms with Gasteiger partial charge in [0.1, 0.15) is 5.75 Å². The first-order chi connectivity index (χ1) is 14.5. The average Bonchev–Trinajstić information content (AvgIpc) is 3.56. The molecule has 2 aliphatic heterocycles. The first-order valence-corrected chi connectivity index (χ1v) is 10.9. The first kappa shape index (κ1) is 20.9. The van der Waals surface area contributed by atoms with Gasteiger partial charge in [-0.3, -0.25) is 14.5 Å². The van der Waals surface area contributed by atoms with Gasteiger partial charge in [-0.05, 0) is 48.6 Å². The van der Waals surface area contributed by atoms with E-state index >= 15 is 0 Å². The van der Waals surface area contributed by atoms with Crippen LogP contribution >= 0.6 is 11.6 Å². The van der Waals surface area contributed by atoms with Crippen LogP contribution in [0.1, 0.15) is 29.9 Å². The number of benzene rings is 1. The number of carbonyl (C=O) groups is 2. The molecule has 0 radical (unpaired) electrons. The molecule has 6 nitrogen and oxygen atoms in total. The zero-order valence-electron chi connectivity index (χ0n) is 17.3. The van der Waals surface area contributed by atoms with Crippen molar-refractivity contribution in [3.63, 3.8) is 0 Å². The summed E-state index contributed by atoms with van der Waals surface area (Å²) in [6.45, 7) is 8.08. The van der Waals surface area contributed by atoms with E-state index in [0.29, 0.717) is 30.8 Å². The van der Waals surface area contributed by atoms with Crippen molar-refractivity contribution in [3.05, 3.63) is 47.0 Å². The number of carbonyl (C=O) groups excluding carboxylic acids is 2. The van der Waals surface area contributed by atoms with Crippen molar-refractivity contribution >= 4 is 29.5 Å². The Bertz CT molecular complexity index is 867. The van der Waals surface area contributed by atoms with Gasteiger partial charge in [0.2, 0.25) is 11.8 Å². The number of hydrogen-bond acceptors (Lipinski definition) is 4. The van der Waals surface area contributed by atoms with Crippen LogP contribution in [0.3, 0.4) is 0 Å². The van der Waals surface area contributed by atoms with Gasteiger partial charge >= 0.3 is 0 Å². The van der Waals surface area contributed by atoms with Crippen molar-refractivity contribution < 1.29 is 14.3 Å². The molecule has 0 bridgehead atoms. The van der Waals surface area contributed by atoms with E-state index in [1.54, 1.807) is 18.1 Å². The molecule has 30 heavy (non-hydrogen) atoms. The molecule has 4 rings (SSSR count). The predicted molar refractivity (Wildman–Crippen MR) is 118 cm³/mol. The lowest BCUT2D eigenvalue weighted by Gasteiger charge is -2.47. The summed E-state index contributed by atoms with van der Waals surface area (Å²) in [5.41, 5.74) is 2.03. The van der Waals surface area contributed by atoms with Gasteiger partial charge in [0.05, 0.1) is 7.11 Å². The van der Waals surface area contributed by atoms with E-state index in [-0.39, 0.29) is 11.8 Å². The highest BCUT2D eigenvalue weighted by molar-refractivity contribution is 6.31.